The van der Waals surface area contributed by atoms with Gasteiger partial charge in [0.15, 0.2) is 0 Å². The predicted molar refractivity (Wildman–Crippen MR) is 152 cm³/mol. The molecule has 2 amide bonds. The van der Waals surface area contributed by atoms with Crippen molar-refractivity contribution >= 4 is 23.5 Å². The Bertz CT molecular complexity index is 1310. The summed E-state index contributed by atoms with van der Waals surface area (Å²) >= 11 is 1.69. The maximum absolute atomic E-state index is 13.7. The minimum Gasteiger partial charge on any atom is -0.489 e. The van der Waals surface area contributed by atoms with Crippen molar-refractivity contribution < 1.29 is 9.53 Å². The molecule has 0 saturated heterocycles. The summed E-state index contributed by atoms with van der Waals surface area (Å²) in [4.78, 5) is 16.9. The average molecular weight is 509 g/mol. The molecule has 1 N–H and O–H groups in total. The Morgan fingerprint density at radius 1 is 0.892 bits per heavy atom. The second-order valence-corrected chi connectivity index (χ2v) is 10.2. The number of hydrogen-bond donors (Lipinski definition) is 1. The first kappa shape index (κ1) is 25.0. The standard InChI is InChI=1S/C32H32N2O2S/c1-37-29-20-16-27(17-21-29)33-32(35)34(31-13-7-11-26-10-5-6-12-30(26)31)22-24-14-18-28(19-15-24)36-23-25-8-3-2-4-9-25/h2-6,8-10,12,14-21,31H,7,11,13,22-23H2,1H3,(H,33,35). The Balaban J connectivity index is 1.34. The van der Waals surface area contributed by atoms with E-state index >= 15 is 0 Å². The van der Waals surface area contributed by atoms with Crippen molar-refractivity contribution in [3.05, 3.63) is 125 Å². The molecule has 0 bridgehead atoms. The van der Waals surface area contributed by atoms with Crippen LogP contribution in [0.15, 0.2) is 108 Å². The minimum absolute atomic E-state index is 0.0319. The molecule has 0 radical (unpaired) electrons. The molecule has 4 nitrogen and oxygen atoms in total. The van der Waals surface area contributed by atoms with Gasteiger partial charge in [-0.1, -0.05) is 66.7 Å². The number of benzene rings is 4. The van der Waals surface area contributed by atoms with Crippen molar-refractivity contribution in [2.45, 2.75) is 43.4 Å². The zero-order valence-electron chi connectivity index (χ0n) is 21.1. The van der Waals surface area contributed by atoms with Gasteiger partial charge < -0.3 is 15.0 Å². The van der Waals surface area contributed by atoms with E-state index in [1.807, 2.05) is 65.8 Å². The maximum Gasteiger partial charge on any atom is 0.322 e. The quantitative estimate of drug-likeness (QED) is 0.245. The molecule has 0 saturated carbocycles. The highest BCUT2D eigenvalue weighted by Crippen LogP contribution is 2.36. The second kappa shape index (κ2) is 12.0. The van der Waals surface area contributed by atoms with Gasteiger partial charge >= 0.3 is 6.03 Å². The van der Waals surface area contributed by atoms with Crippen LogP contribution >= 0.6 is 11.8 Å². The molecule has 4 aromatic carbocycles. The normalized spacial score (nSPS) is 14.5. The van der Waals surface area contributed by atoms with E-state index in [-0.39, 0.29) is 12.1 Å². The minimum atomic E-state index is -0.0805. The third kappa shape index (κ3) is 6.36. The number of carbonyl (C=O) groups excluding carboxylic acids is 1. The van der Waals surface area contributed by atoms with Crippen LogP contribution in [-0.4, -0.2) is 17.2 Å². The molecule has 1 aliphatic carbocycles. The molecule has 0 fully saturated rings. The third-order valence-electron chi connectivity index (χ3n) is 6.84. The van der Waals surface area contributed by atoms with Crippen molar-refractivity contribution in [3.63, 3.8) is 0 Å². The predicted octanol–water partition coefficient (Wildman–Crippen LogP) is 8.10. The van der Waals surface area contributed by atoms with E-state index in [1.165, 1.54) is 16.0 Å². The van der Waals surface area contributed by atoms with Crippen LogP contribution in [0.1, 0.15) is 41.1 Å². The van der Waals surface area contributed by atoms with Crippen LogP contribution in [0.3, 0.4) is 0 Å². The lowest BCUT2D eigenvalue weighted by atomic mass is 9.86. The van der Waals surface area contributed by atoms with Crippen LogP contribution < -0.4 is 10.1 Å². The summed E-state index contributed by atoms with van der Waals surface area (Å²) in [6.07, 6.45) is 5.13. The number of urea groups is 1. The summed E-state index contributed by atoms with van der Waals surface area (Å²) in [6.45, 7) is 1.05. The maximum atomic E-state index is 13.7. The Kier molecular flexibility index (Phi) is 8.11. The SMILES string of the molecule is CSc1ccc(NC(=O)N(Cc2ccc(OCc3ccccc3)cc2)C2CCCc3ccccc32)cc1. The van der Waals surface area contributed by atoms with Gasteiger partial charge in [-0.2, -0.15) is 0 Å². The van der Waals surface area contributed by atoms with Crippen molar-refractivity contribution in [1.29, 1.82) is 0 Å². The number of nitrogens with one attached hydrogen (secondary N) is 1. The van der Waals surface area contributed by atoms with Crippen molar-refractivity contribution in [3.8, 4) is 5.75 Å². The fourth-order valence-electron chi connectivity index (χ4n) is 4.87. The first-order chi connectivity index (χ1) is 18.2. The number of hydrogen-bond acceptors (Lipinski definition) is 3. The van der Waals surface area contributed by atoms with E-state index in [9.17, 15) is 4.79 Å². The van der Waals surface area contributed by atoms with Crippen molar-refractivity contribution in [1.82, 2.24) is 4.90 Å². The van der Waals surface area contributed by atoms with Gasteiger partial charge in [-0.05, 0) is 84.2 Å². The molecule has 5 heteroatoms. The van der Waals surface area contributed by atoms with Crippen LogP contribution in [0, 0.1) is 0 Å². The van der Waals surface area contributed by atoms with Gasteiger partial charge in [-0.3, -0.25) is 0 Å². The summed E-state index contributed by atoms with van der Waals surface area (Å²) in [5, 5.41) is 3.14. The topological polar surface area (TPSA) is 41.6 Å². The van der Waals surface area contributed by atoms with Gasteiger partial charge in [0.1, 0.15) is 12.4 Å². The molecule has 5 rings (SSSR count). The molecule has 0 heterocycles. The Labute approximate surface area is 223 Å². The fourth-order valence-corrected chi connectivity index (χ4v) is 5.28. The fraction of sp³-hybridized carbons (Fsp3) is 0.219. The van der Waals surface area contributed by atoms with Gasteiger partial charge in [0, 0.05) is 17.1 Å². The average Bonchev–Trinajstić information content (AvgIpc) is 2.96. The van der Waals surface area contributed by atoms with E-state index in [1.54, 1.807) is 11.8 Å². The van der Waals surface area contributed by atoms with Crippen LogP contribution in [0.2, 0.25) is 0 Å². The smallest absolute Gasteiger partial charge is 0.322 e. The highest BCUT2D eigenvalue weighted by Gasteiger charge is 2.29. The number of amides is 2. The van der Waals surface area contributed by atoms with Crippen LogP contribution in [-0.2, 0) is 19.6 Å². The van der Waals surface area contributed by atoms with E-state index in [4.69, 9.17) is 4.74 Å². The second-order valence-electron chi connectivity index (χ2n) is 9.31. The zero-order valence-corrected chi connectivity index (χ0v) is 21.9. The van der Waals surface area contributed by atoms with Crippen LogP contribution in [0.5, 0.6) is 5.75 Å². The number of thioether (sulfide) groups is 1. The van der Waals surface area contributed by atoms with E-state index in [0.29, 0.717) is 13.2 Å². The van der Waals surface area contributed by atoms with Crippen molar-refractivity contribution in [2.75, 3.05) is 11.6 Å². The van der Waals surface area contributed by atoms with Gasteiger partial charge in [0.25, 0.3) is 0 Å². The number of fused-ring (bicyclic) bond motifs is 1. The molecule has 0 aliphatic heterocycles. The number of anilines is 1. The first-order valence-electron chi connectivity index (χ1n) is 12.7. The number of nitrogens with zero attached hydrogens (tertiary/aromatic N) is 1. The lowest BCUT2D eigenvalue weighted by Gasteiger charge is -2.36. The molecular weight excluding hydrogens is 476 g/mol. The summed E-state index contributed by atoms with van der Waals surface area (Å²) in [7, 11) is 0. The lowest BCUT2D eigenvalue weighted by Crippen LogP contribution is -2.39. The lowest BCUT2D eigenvalue weighted by molar-refractivity contribution is 0.175. The molecule has 0 aromatic heterocycles. The molecule has 0 spiro atoms. The Hall–Kier alpha value is -3.70. The monoisotopic (exact) mass is 508 g/mol. The highest BCUT2D eigenvalue weighted by molar-refractivity contribution is 7.98. The Morgan fingerprint density at radius 3 is 2.38 bits per heavy atom. The van der Waals surface area contributed by atoms with E-state index in [0.717, 1.165) is 41.8 Å². The molecule has 1 unspecified atom stereocenters. The highest BCUT2D eigenvalue weighted by atomic mass is 32.2. The van der Waals surface area contributed by atoms with E-state index < -0.39 is 0 Å². The number of ether oxygens (including phenoxy) is 1. The van der Waals surface area contributed by atoms with Crippen LogP contribution in [0.25, 0.3) is 0 Å². The molecular formula is C32H32N2O2S. The van der Waals surface area contributed by atoms with Crippen molar-refractivity contribution in [2.24, 2.45) is 0 Å². The number of aryl methyl sites for hydroxylation is 1. The summed E-state index contributed by atoms with van der Waals surface area (Å²) in [5.74, 6) is 0.820. The first-order valence-corrected chi connectivity index (χ1v) is 14.0. The largest absolute Gasteiger partial charge is 0.489 e. The van der Waals surface area contributed by atoms with Gasteiger partial charge in [-0.25, -0.2) is 4.79 Å². The summed E-state index contributed by atoms with van der Waals surface area (Å²) < 4.78 is 5.97. The van der Waals surface area contributed by atoms with Gasteiger partial charge in [0.2, 0.25) is 0 Å². The Morgan fingerprint density at radius 2 is 1.62 bits per heavy atom. The number of carbonyl (C=O) groups is 1. The van der Waals surface area contributed by atoms with Gasteiger partial charge in [-0.15, -0.1) is 11.8 Å². The zero-order chi connectivity index (χ0) is 25.5. The van der Waals surface area contributed by atoms with Gasteiger partial charge in [0.05, 0.1) is 6.04 Å². The third-order valence-corrected chi connectivity index (χ3v) is 7.58. The number of rotatable bonds is 8. The molecule has 1 aliphatic rings. The summed E-state index contributed by atoms with van der Waals surface area (Å²) in [5.41, 5.74) is 5.61. The molecule has 1 atom stereocenters. The molecule has 188 valence electrons. The summed E-state index contributed by atoms with van der Waals surface area (Å²) in [6, 6.07) is 34.7. The van der Waals surface area contributed by atoms with Crippen LogP contribution in [0.4, 0.5) is 10.5 Å². The van der Waals surface area contributed by atoms with E-state index in [2.05, 4.69) is 53.8 Å². The molecule has 4 aromatic rings. The molecule has 37 heavy (non-hydrogen) atoms.